The third kappa shape index (κ3) is 3.17. The summed E-state index contributed by atoms with van der Waals surface area (Å²) in [5.74, 6) is -0.119. The molecule has 5 heteroatoms. The molecule has 0 N–H and O–H groups in total. The summed E-state index contributed by atoms with van der Waals surface area (Å²) in [6, 6.07) is 0.147. The van der Waals surface area contributed by atoms with Crippen molar-refractivity contribution in [2.75, 3.05) is 6.54 Å². The van der Waals surface area contributed by atoms with Crippen molar-refractivity contribution in [2.24, 2.45) is 0 Å². The monoisotopic (exact) mass is 241 g/mol. The van der Waals surface area contributed by atoms with Crippen LogP contribution < -0.4 is 0 Å². The highest BCUT2D eigenvalue weighted by Gasteiger charge is 2.19. The van der Waals surface area contributed by atoms with E-state index in [-0.39, 0.29) is 17.1 Å². The summed E-state index contributed by atoms with van der Waals surface area (Å²) in [7, 11) is 0. The fraction of sp³-hybridized carbons (Fsp3) is 0.545. The van der Waals surface area contributed by atoms with E-state index in [2.05, 4.69) is 9.97 Å². The van der Waals surface area contributed by atoms with E-state index >= 15 is 0 Å². The van der Waals surface area contributed by atoms with Crippen molar-refractivity contribution in [3.63, 3.8) is 0 Å². The second-order valence-corrected chi connectivity index (χ2v) is 4.21. The molecule has 0 spiro atoms. The first-order valence-corrected chi connectivity index (χ1v) is 5.72. The maximum absolute atomic E-state index is 12.1. The normalized spacial score (nSPS) is 10.6. The second kappa shape index (κ2) is 5.80. The van der Waals surface area contributed by atoms with Gasteiger partial charge in [-0.2, -0.15) is 0 Å². The Morgan fingerprint density at radius 3 is 2.69 bits per heavy atom. The minimum absolute atomic E-state index is 0.119. The van der Waals surface area contributed by atoms with Gasteiger partial charge in [-0.1, -0.05) is 18.5 Å². The van der Waals surface area contributed by atoms with E-state index < -0.39 is 0 Å². The van der Waals surface area contributed by atoms with Gasteiger partial charge in [0.2, 0.25) is 0 Å². The van der Waals surface area contributed by atoms with Crippen LogP contribution in [0.15, 0.2) is 12.4 Å². The number of halogens is 1. The van der Waals surface area contributed by atoms with Crippen LogP contribution in [0.1, 0.15) is 37.7 Å². The third-order valence-electron chi connectivity index (χ3n) is 2.17. The molecule has 1 amide bonds. The number of nitrogens with zero attached hydrogens (tertiary/aromatic N) is 3. The molecule has 0 aliphatic heterocycles. The van der Waals surface area contributed by atoms with E-state index in [4.69, 9.17) is 11.6 Å². The SMILES string of the molecule is CCCN(C(=O)c1cncc(Cl)n1)C(C)C. The molecule has 16 heavy (non-hydrogen) atoms. The molecule has 0 unspecified atom stereocenters. The van der Waals surface area contributed by atoms with Gasteiger partial charge in [-0.3, -0.25) is 9.78 Å². The molecule has 0 saturated carbocycles. The van der Waals surface area contributed by atoms with Gasteiger partial charge < -0.3 is 4.90 Å². The zero-order valence-electron chi connectivity index (χ0n) is 9.77. The quantitative estimate of drug-likeness (QED) is 0.813. The molecular weight excluding hydrogens is 226 g/mol. The fourth-order valence-electron chi connectivity index (χ4n) is 1.43. The predicted molar refractivity (Wildman–Crippen MR) is 63.5 cm³/mol. The summed E-state index contributed by atoms with van der Waals surface area (Å²) in [5.41, 5.74) is 0.301. The zero-order valence-corrected chi connectivity index (χ0v) is 10.5. The fourth-order valence-corrected chi connectivity index (χ4v) is 1.57. The van der Waals surface area contributed by atoms with E-state index in [1.165, 1.54) is 12.4 Å². The number of hydrogen-bond acceptors (Lipinski definition) is 3. The lowest BCUT2D eigenvalue weighted by Crippen LogP contribution is -2.38. The first kappa shape index (κ1) is 12.9. The van der Waals surface area contributed by atoms with Crippen LogP contribution in [0, 0.1) is 0 Å². The molecule has 0 aromatic carbocycles. The largest absolute Gasteiger partial charge is 0.335 e. The molecule has 0 aliphatic carbocycles. The van der Waals surface area contributed by atoms with Gasteiger partial charge in [0.15, 0.2) is 0 Å². The minimum Gasteiger partial charge on any atom is -0.335 e. The first-order valence-electron chi connectivity index (χ1n) is 5.34. The van der Waals surface area contributed by atoms with E-state index in [1.807, 2.05) is 20.8 Å². The maximum atomic E-state index is 12.1. The van der Waals surface area contributed by atoms with Crippen molar-refractivity contribution in [1.29, 1.82) is 0 Å². The Morgan fingerprint density at radius 2 is 2.19 bits per heavy atom. The first-order chi connectivity index (χ1) is 7.56. The molecule has 0 radical (unpaired) electrons. The van der Waals surface area contributed by atoms with Gasteiger partial charge in [-0.05, 0) is 20.3 Å². The lowest BCUT2D eigenvalue weighted by Gasteiger charge is -2.25. The van der Waals surface area contributed by atoms with Crippen LogP contribution in [0.25, 0.3) is 0 Å². The highest BCUT2D eigenvalue weighted by molar-refractivity contribution is 6.29. The van der Waals surface area contributed by atoms with E-state index in [9.17, 15) is 4.79 Å². The lowest BCUT2D eigenvalue weighted by atomic mass is 10.2. The molecule has 0 fully saturated rings. The summed E-state index contributed by atoms with van der Waals surface area (Å²) in [5, 5.41) is 0.242. The molecule has 0 aliphatic rings. The van der Waals surface area contributed by atoms with Crippen LogP contribution in [0.3, 0.4) is 0 Å². The van der Waals surface area contributed by atoms with Gasteiger partial charge >= 0.3 is 0 Å². The average Bonchev–Trinajstić information content (AvgIpc) is 2.24. The van der Waals surface area contributed by atoms with Gasteiger partial charge in [0, 0.05) is 12.6 Å². The molecule has 1 rings (SSSR count). The van der Waals surface area contributed by atoms with Gasteiger partial charge in [0.05, 0.1) is 12.4 Å². The van der Waals surface area contributed by atoms with Crippen molar-refractivity contribution in [3.05, 3.63) is 23.2 Å². The number of hydrogen-bond donors (Lipinski definition) is 0. The Bertz CT molecular complexity index is 368. The third-order valence-corrected chi connectivity index (χ3v) is 2.36. The Hall–Kier alpha value is -1.16. The topological polar surface area (TPSA) is 46.1 Å². The summed E-state index contributed by atoms with van der Waals surface area (Å²) in [6.45, 7) is 6.70. The molecule has 0 atom stereocenters. The highest BCUT2D eigenvalue weighted by Crippen LogP contribution is 2.09. The molecule has 4 nitrogen and oxygen atoms in total. The number of carbonyl (C=O) groups excluding carboxylic acids is 1. The maximum Gasteiger partial charge on any atom is 0.274 e. The summed E-state index contributed by atoms with van der Waals surface area (Å²) in [4.78, 5) is 21.7. The standard InChI is InChI=1S/C11H16ClN3O/c1-4-5-15(8(2)3)11(16)9-6-13-7-10(12)14-9/h6-8H,4-5H2,1-3H3. The Kier molecular flexibility index (Phi) is 4.68. The Morgan fingerprint density at radius 1 is 1.50 bits per heavy atom. The molecular formula is C11H16ClN3O. The van der Waals surface area contributed by atoms with Crippen LogP contribution in [0.4, 0.5) is 0 Å². The van der Waals surface area contributed by atoms with Crippen LogP contribution in [0.2, 0.25) is 5.15 Å². The van der Waals surface area contributed by atoms with Gasteiger partial charge in [-0.25, -0.2) is 4.98 Å². The zero-order chi connectivity index (χ0) is 12.1. The molecule has 0 bridgehead atoms. The van der Waals surface area contributed by atoms with Crippen molar-refractivity contribution >= 4 is 17.5 Å². The molecule has 1 aromatic heterocycles. The van der Waals surface area contributed by atoms with Crippen molar-refractivity contribution in [1.82, 2.24) is 14.9 Å². The van der Waals surface area contributed by atoms with Crippen molar-refractivity contribution in [2.45, 2.75) is 33.2 Å². The van der Waals surface area contributed by atoms with Crippen molar-refractivity contribution < 1.29 is 4.79 Å². The Labute approximate surface area is 101 Å². The number of carbonyl (C=O) groups is 1. The minimum atomic E-state index is -0.119. The molecule has 1 aromatic rings. The van der Waals surface area contributed by atoms with Crippen LogP contribution >= 0.6 is 11.6 Å². The predicted octanol–water partition coefficient (Wildman–Crippen LogP) is 2.39. The van der Waals surface area contributed by atoms with Crippen molar-refractivity contribution in [3.8, 4) is 0 Å². The van der Waals surface area contributed by atoms with Crippen LogP contribution in [-0.4, -0.2) is 33.4 Å². The summed E-state index contributed by atoms with van der Waals surface area (Å²) >= 11 is 5.71. The lowest BCUT2D eigenvalue weighted by molar-refractivity contribution is 0.0699. The van der Waals surface area contributed by atoms with Crippen LogP contribution in [0.5, 0.6) is 0 Å². The summed E-state index contributed by atoms with van der Waals surface area (Å²) in [6.07, 6.45) is 3.77. The molecule has 1 heterocycles. The smallest absolute Gasteiger partial charge is 0.274 e. The average molecular weight is 242 g/mol. The van der Waals surface area contributed by atoms with E-state index in [0.717, 1.165) is 6.42 Å². The summed E-state index contributed by atoms with van der Waals surface area (Å²) < 4.78 is 0. The van der Waals surface area contributed by atoms with Gasteiger partial charge in [-0.15, -0.1) is 0 Å². The number of rotatable bonds is 4. The Balaban J connectivity index is 2.90. The molecule has 88 valence electrons. The van der Waals surface area contributed by atoms with Gasteiger partial charge in [0.25, 0.3) is 5.91 Å². The highest BCUT2D eigenvalue weighted by atomic mass is 35.5. The van der Waals surface area contributed by atoms with Gasteiger partial charge in [0.1, 0.15) is 10.8 Å². The molecule has 0 saturated heterocycles. The second-order valence-electron chi connectivity index (χ2n) is 3.82. The number of aromatic nitrogens is 2. The van der Waals surface area contributed by atoms with Crippen LogP contribution in [-0.2, 0) is 0 Å². The van der Waals surface area contributed by atoms with E-state index in [0.29, 0.717) is 12.2 Å². The van der Waals surface area contributed by atoms with E-state index in [1.54, 1.807) is 4.90 Å². The number of amides is 1.